The number of hydrogen-bond donors (Lipinski definition) is 2. The van der Waals surface area contributed by atoms with Gasteiger partial charge in [-0.1, -0.05) is 27.7 Å². The van der Waals surface area contributed by atoms with Crippen molar-refractivity contribution >= 4 is 27.2 Å². The number of thiazole rings is 1. The number of nitrogens with zero attached hydrogens (tertiary/aromatic N) is 3. The van der Waals surface area contributed by atoms with E-state index in [4.69, 9.17) is 5.14 Å². The van der Waals surface area contributed by atoms with E-state index in [-0.39, 0.29) is 22.6 Å². The van der Waals surface area contributed by atoms with E-state index in [1.807, 2.05) is 27.7 Å². The summed E-state index contributed by atoms with van der Waals surface area (Å²) in [6.07, 6.45) is 1.32. The van der Waals surface area contributed by atoms with Crippen LogP contribution in [0.25, 0.3) is 0 Å². The Balaban J connectivity index is 2.48. The molecule has 0 saturated carbocycles. The van der Waals surface area contributed by atoms with Crippen LogP contribution < -0.4 is 5.14 Å². The standard InChI is InChI=1S/C21H28N4O3S2/c1-12(2)15-7-14(10-22)8-16(13(3)4)17(15)9-19(26)25-30(23,28)20-24-11-18(29-20)21(5,6)27/h7-8,11-13,27H,9H2,1-6H3,(H2,23,25,26,28). The van der Waals surface area contributed by atoms with Gasteiger partial charge in [0.1, 0.15) is 0 Å². The Kier molecular flexibility index (Phi) is 7.20. The summed E-state index contributed by atoms with van der Waals surface area (Å²) in [5.74, 6) is -0.431. The predicted octanol–water partition coefficient (Wildman–Crippen LogP) is 3.96. The first-order valence-corrected chi connectivity index (χ1v) is 12.0. The summed E-state index contributed by atoms with van der Waals surface area (Å²) in [5, 5.41) is 25.3. The molecule has 1 aromatic heterocycles. The van der Waals surface area contributed by atoms with E-state index in [1.54, 1.807) is 26.0 Å². The third kappa shape index (κ3) is 5.52. The number of aromatic nitrogens is 1. The van der Waals surface area contributed by atoms with Crippen molar-refractivity contribution in [3.8, 4) is 6.07 Å². The molecule has 0 aliphatic rings. The number of carbonyl (C=O) groups excluding carboxylic acids is 1. The highest BCUT2D eigenvalue weighted by Gasteiger charge is 2.24. The van der Waals surface area contributed by atoms with E-state index < -0.39 is 21.4 Å². The molecular weight excluding hydrogens is 420 g/mol. The largest absolute Gasteiger partial charge is 0.385 e. The van der Waals surface area contributed by atoms with Gasteiger partial charge in [0, 0.05) is 6.20 Å². The van der Waals surface area contributed by atoms with Crippen LogP contribution in [0.1, 0.15) is 80.5 Å². The molecular formula is C21H28N4O3S2. The second-order valence-electron chi connectivity index (χ2n) is 8.33. The molecule has 9 heteroatoms. The van der Waals surface area contributed by atoms with Gasteiger partial charge in [-0.25, -0.2) is 14.3 Å². The van der Waals surface area contributed by atoms with Crippen molar-refractivity contribution in [1.82, 2.24) is 4.98 Å². The van der Waals surface area contributed by atoms with Crippen LogP contribution in [0.5, 0.6) is 0 Å². The second kappa shape index (κ2) is 8.94. The molecule has 2 aromatic rings. The van der Waals surface area contributed by atoms with Gasteiger partial charge in [0.2, 0.25) is 4.34 Å². The lowest BCUT2D eigenvalue weighted by Gasteiger charge is -2.19. The molecule has 0 bridgehead atoms. The topological polar surface area (TPSA) is 129 Å². The summed E-state index contributed by atoms with van der Waals surface area (Å²) < 4.78 is 16.7. The van der Waals surface area contributed by atoms with Crippen molar-refractivity contribution in [2.45, 2.75) is 69.7 Å². The van der Waals surface area contributed by atoms with Gasteiger partial charge in [0.05, 0.1) is 28.5 Å². The molecule has 30 heavy (non-hydrogen) atoms. The third-order valence-electron chi connectivity index (χ3n) is 4.60. The van der Waals surface area contributed by atoms with Gasteiger partial charge >= 0.3 is 0 Å². The zero-order valence-electron chi connectivity index (χ0n) is 18.1. The Morgan fingerprint density at radius 1 is 1.30 bits per heavy atom. The van der Waals surface area contributed by atoms with Gasteiger partial charge in [-0.2, -0.15) is 5.26 Å². The Labute approximate surface area is 182 Å². The average Bonchev–Trinajstić information content (AvgIpc) is 3.12. The Hall–Kier alpha value is -2.12. The normalized spacial score (nSPS) is 13.9. The van der Waals surface area contributed by atoms with Gasteiger partial charge in [-0.3, -0.25) is 4.79 Å². The fourth-order valence-corrected chi connectivity index (χ4v) is 5.22. The average molecular weight is 449 g/mol. The van der Waals surface area contributed by atoms with Gasteiger partial charge < -0.3 is 5.11 Å². The zero-order valence-corrected chi connectivity index (χ0v) is 19.7. The number of rotatable bonds is 6. The molecule has 0 aliphatic heterocycles. The number of amides is 1. The van der Waals surface area contributed by atoms with Crippen LogP contribution in [0.2, 0.25) is 0 Å². The lowest BCUT2D eigenvalue weighted by molar-refractivity contribution is -0.117. The van der Waals surface area contributed by atoms with E-state index in [1.165, 1.54) is 6.20 Å². The molecule has 1 amide bonds. The van der Waals surface area contributed by atoms with Gasteiger partial charge in [-0.05, 0) is 54.5 Å². The van der Waals surface area contributed by atoms with Crippen molar-refractivity contribution in [2.24, 2.45) is 9.50 Å². The van der Waals surface area contributed by atoms with Crippen molar-refractivity contribution in [2.75, 3.05) is 0 Å². The minimum Gasteiger partial charge on any atom is -0.385 e. The third-order valence-corrected chi connectivity index (χ3v) is 7.75. The van der Waals surface area contributed by atoms with E-state index in [2.05, 4.69) is 15.4 Å². The second-order valence-corrected chi connectivity index (χ2v) is 11.3. The fraction of sp³-hybridized carbons (Fsp3) is 0.476. The summed E-state index contributed by atoms with van der Waals surface area (Å²) in [6, 6.07) is 5.74. The summed E-state index contributed by atoms with van der Waals surface area (Å²) in [4.78, 5) is 17.2. The van der Waals surface area contributed by atoms with Crippen LogP contribution in [0.3, 0.4) is 0 Å². The molecule has 7 nitrogen and oxygen atoms in total. The van der Waals surface area contributed by atoms with Gasteiger partial charge in [-0.15, -0.1) is 15.7 Å². The van der Waals surface area contributed by atoms with Crippen LogP contribution in [-0.4, -0.2) is 20.2 Å². The van der Waals surface area contributed by atoms with Gasteiger partial charge in [0.15, 0.2) is 9.92 Å². The number of nitriles is 1. The molecule has 3 N–H and O–H groups in total. The molecule has 1 aromatic carbocycles. The Morgan fingerprint density at radius 3 is 2.23 bits per heavy atom. The molecule has 1 unspecified atom stereocenters. The highest BCUT2D eigenvalue weighted by molar-refractivity contribution is 7.93. The van der Waals surface area contributed by atoms with Crippen molar-refractivity contribution in [3.05, 3.63) is 45.5 Å². The van der Waals surface area contributed by atoms with Crippen LogP contribution in [0.15, 0.2) is 27.0 Å². The smallest absolute Gasteiger partial charge is 0.259 e. The van der Waals surface area contributed by atoms with Crippen LogP contribution in [0, 0.1) is 11.3 Å². The summed E-state index contributed by atoms with van der Waals surface area (Å²) in [6.45, 7) is 11.1. The highest BCUT2D eigenvalue weighted by Crippen LogP contribution is 2.31. The highest BCUT2D eigenvalue weighted by atomic mass is 32.2. The molecule has 162 valence electrons. The van der Waals surface area contributed by atoms with Crippen LogP contribution >= 0.6 is 11.3 Å². The number of hydrogen-bond acceptors (Lipinski definition) is 6. The lowest BCUT2D eigenvalue weighted by Crippen LogP contribution is -2.17. The van der Waals surface area contributed by atoms with E-state index in [0.717, 1.165) is 28.0 Å². The SMILES string of the molecule is CC(C)c1cc(C#N)cc(C(C)C)c1CC(=O)N=S(N)(=O)c1ncc(C(C)(C)O)s1. The first kappa shape index (κ1) is 24.2. The number of carbonyl (C=O) groups is 1. The Morgan fingerprint density at radius 2 is 1.83 bits per heavy atom. The number of nitrogens with two attached hydrogens (primary N) is 1. The zero-order chi connectivity index (χ0) is 22.9. The fourth-order valence-electron chi connectivity index (χ4n) is 3.07. The summed E-state index contributed by atoms with van der Waals surface area (Å²) >= 11 is 0.972. The van der Waals surface area contributed by atoms with Crippen LogP contribution in [-0.2, 0) is 26.7 Å². The molecule has 0 fully saturated rings. The number of benzene rings is 1. The first-order valence-electron chi connectivity index (χ1n) is 9.59. The molecule has 1 atom stereocenters. The quantitative estimate of drug-likeness (QED) is 0.691. The molecule has 0 radical (unpaired) electrons. The summed E-state index contributed by atoms with van der Waals surface area (Å²) in [5.41, 5.74) is 1.96. The van der Waals surface area contributed by atoms with Crippen molar-refractivity contribution < 1.29 is 14.1 Å². The van der Waals surface area contributed by atoms with E-state index >= 15 is 0 Å². The van der Waals surface area contributed by atoms with E-state index in [0.29, 0.717) is 10.4 Å². The van der Waals surface area contributed by atoms with Gasteiger partial charge in [0.25, 0.3) is 5.91 Å². The van der Waals surface area contributed by atoms with Crippen molar-refractivity contribution in [1.29, 1.82) is 5.26 Å². The predicted molar refractivity (Wildman–Crippen MR) is 118 cm³/mol. The molecule has 0 saturated heterocycles. The lowest BCUT2D eigenvalue weighted by atomic mass is 9.85. The van der Waals surface area contributed by atoms with Crippen molar-refractivity contribution in [3.63, 3.8) is 0 Å². The maximum Gasteiger partial charge on any atom is 0.259 e. The maximum absolute atomic E-state index is 12.9. The molecule has 2 rings (SSSR count). The van der Waals surface area contributed by atoms with E-state index in [9.17, 15) is 19.4 Å². The number of aliphatic hydroxyl groups is 1. The molecule has 0 aliphatic carbocycles. The minimum absolute atomic E-state index is 0.000898. The first-order chi connectivity index (χ1) is 13.8. The van der Waals surface area contributed by atoms with Crippen LogP contribution in [0.4, 0.5) is 0 Å². The minimum atomic E-state index is -3.53. The molecule has 1 heterocycles. The Bertz CT molecular complexity index is 1080. The molecule has 0 spiro atoms. The maximum atomic E-state index is 12.9. The summed E-state index contributed by atoms with van der Waals surface area (Å²) in [7, 11) is -3.53. The monoisotopic (exact) mass is 448 g/mol.